The zero-order valence-electron chi connectivity index (χ0n) is 11.8. The van der Waals surface area contributed by atoms with Gasteiger partial charge in [-0.25, -0.2) is 0 Å². The minimum absolute atomic E-state index is 0.301. The van der Waals surface area contributed by atoms with Gasteiger partial charge in [-0.2, -0.15) is 5.10 Å². The Morgan fingerprint density at radius 3 is 2.83 bits per heavy atom. The lowest BCUT2D eigenvalue weighted by Crippen LogP contribution is -2.16. The van der Waals surface area contributed by atoms with Crippen molar-refractivity contribution in [2.24, 2.45) is 11.8 Å². The average molecular weight is 248 g/mol. The highest BCUT2D eigenvalue weighted by Crippen LogP contribution is 2.33. The van der Waals surface area contributed by atoms with E-state index in [9.17, 15) is 4.79 Å². The van der Waals surface area contributed by atoms with E-state index in [0.717, 1.165) is 36.7 Å². The maximum Gasteiger partial charge on any atom is 0.141 e. The lowest BCUT2D eigenvalue weighted by atomic mass is 9.96. The van der Waals surface area contributed by atoms with Crippen molar-refractivity contribution in [3.8, 4) is 0 Å². The molecule has 0 saturated heterocycles. The zero-order chi connectivity index (χ0) is 13.1. The molecule has 1 aromatic heterocycles. The van der Waals surface area contributed by atoms with Crippen molar-refractivity contribution in [1.82, 2.24) is 9.78 Å². The van der Waals surface area contributed by atoms with Crippen molar-refractivity contribution in [1.29, 1.82) is 0 Å². The highest BCUT2D eigenvalue weighted by Gasteiger charge is 2.29. The van der Waals surface area contributed by atoms with Crippen LogP contribution in [0, 0.1) is 18.8 Å². The summed E-state index contributed by atoms with van der Waals surface area (Å²) >= 11 is 0. The van der Waals surface area contributed by atoms with E-state index < -0.39 is 0 Å². The Bertz CT molecular complexity index is 422. The minimum Gasteiger partial charge on any atom is -0.299 e. The monoisotopic (exact) mass is 248 g/mol. The molecule has 0 aromatic carbocycles. The van der Waals surface area contributed by atoms with Crippen molar-refractivity contribution >= 4 is 5.78 Å². The van der Waals surface area contributed by atoms with Gasteiger partial charge in [-0.1, -0.05) is 13.3 Å². The standard InChI is InChI=1S/C15H24N2O/c1-4-12-6-7-13(9-12)15(18)10-14-8-11(3)16-17(14)5-2/h8,12-13H,4-7,9-10H2,1-3H3. The number of ketones is 1. The van der Waals surface area contributed by atoms with Gasteiger partial charge in [0, 0.05) is 24.6 Å². The number of hydrogen-bond donors (Lipinski definition) is 0. The average Bonchev–Trinajstić information content (AvgIpc) is 2.95. The second-order valence-corrected chi connectivity index (χ2v) is 5.52. The molecule has 100 valence electrons. The van der Waals surface area contributed by atoms with E-state index in [2.05, 4.69) is 18.9 Å². The number of aromatic nitrogens is 2. The molecule has 0 bridgehead atoms. The Morgan fingerprint density at radius 1 is 1.44 bits per heavy atom. The quantitative estimate of drug-likeness (QED) is 0.802. The summed E-state index contributed by atoms with van der Waals surface area (Å²) in [6.07, 6.45) is 5.22. The lowest BCUT2D eigenvalue weighted by Gasteiger charge is -2.10. The van der Waals surface area contributed by atoms with E-state index in [1.165, 1.54) is 12.8 Å². The van der Waals surface area contributed by atoms with E-state index in [1.54, 1.807) is 0 Å². The van der Waals surface area contributed by atoms with Crippen molar-refractivity contribution in [2.75, 3.05) is 0 Å². The van der Waals surface area contributed by atoms with Crippen LogP contribution in [0.15, 0.2) is 6.07 Å². The van der Waals surface area contributed by atoms with Gasteiger partial charge < -0.3 is 0 Å². The van der Waals surface area contributed by atoms with Gasteiger partial charge in [0.1, 0.15) is 5.78 Å². The first-order valence-electron chi connectivity index (χ1n) is 7.20. The van der Waals surface area contributed by atoms with Crippen LogP contribution in [-0.2, 0) is 17.8 Å². The summed E-state index contributed by atoms with van der Waals surface area (Å²) < 4.78 is 1.96. The molecule has 18 heavy (non-hydrogen) atoms. The largest absolute Gasteiger partial charge is 0.299 e. The van der Waals surface area contributed by atoms with Gasteiger partial charge in [0.05, 0.1) is 5.69 Å². The van der Waals surface area contributed by atoms with Crippen LogP contribution in [-0.4, -0.2) is 15.6 Å². The maximum atomic E-state index is 12.3. The second kappa shape index (κ2) is 5.68. The number of carbonyl (C=O) groups excluding carboxylic acids is 1. The van der Waals surface area contributed by atoms with E-state index in [4.69, 9.17) is 0 Å². The van der Waals surface area contributed by atoms with Crippen LogP contribution in [0.4, 0.5) is 0 Å². The summed E-state index contributed by atoms with van der Waals surface area (Å²) in [7, 11) is 0. The fourth-order valence-electron chi connectivity index (χ4n) is 3.08. The third kappa shape index (κ3) is 2.82. The summed E-state index contributed by atoms with van der Waals surface area (Å²) in [4.78, 5) is 12.3. The molecule has 1 aliphatic rings. The highest BCUT2D eigenvalue weighted by atomic mass is 16.1. The Labute approximate surface area is 110 Å². The summed E-state index contributed by atoms with van der Waals surface area (Å²) in [5.74, 6) is 1.49. The second-order valence-electron chi connectivity index (χ2n) is 5.52. The molecule has 0 N–H and O–H groups in total. The third-order valence-corrected chi connectivity index (χ3v) is 4.21. The molecule has 3 nitrogen and oxygen atoms in total. The van der Waals surface area contributed by atoms with E-state index in [-0.39, 0.29) is 0 Å². The summed E-state index contributed by atoms with van der Waals surface area (Å²) in [6.45, 7) is 7.14. The summed E-state index contributed by atoms with van der Waals surface area (Å²) in [5, 5.41) is 4.40. The van der Waals surface area contributed by atoms with Crippen molar-refractivity contribution in [3.05, 3.63) is 17.5 Å². The highest BCUT2D eigenvalue weighted by molar-refractivity contribution is 5.83. The van der Waals surface area contributed by atoms with Crippen LogP contribution >= 0.6 is 0 Å². The number of rotatable bonds is 5. The van der Waals surface area contributed by atoms with Gasteiger partial charge in [0.25, 0.3) is 0 Å². The first-order chi connectivity index (χ1) is 8.63. The zero-order valence-corrected chi connectivity index (χ0v) is 11.8. The van der Waals surface area contributed by atoms with Gasteiger partial charge in [-0.05, 0) is 45.1 Å². The van der Waals surface area contributed by atoms with Crippen LogP contribution in [0.25, 0.3) is 0 Å². The number of carbonyl (C=O) groups is 1. The molecule has 1 aromatic rings. The first-order valence-corrected chi connectivity index (χ1v) is 7.20. The van der Waals surface area contributed by atoms with Crippen molar-refractivity contribution in [2.45, 2.75) is 59.4 Å². The van der Waals surface area contributed by atoms with Crippen molar-refractivity contribution < 1.29 is 4.79 Å². The first kappa shape index (κ1) is 13.3. The Balaban J connectivity index is 1.99. The van der Waals surface area contributed by atoms with Gasteiger partial charge in [0.15, 0.2) is 0 Å². The number of aryl methyl sites for hydroxylation is 2. The number of Topliss-reactive ketones (excluding diaryl/α,β-unsaturated/α-hetero) is 1. The molecule has 3 heteroatoms. The lowest BCUT2D eigenvalue weighted by molar-refractivity contribution is -0.122. The molecule has 2 rings (SSSR count). The molecule has 1 heterocycles. The van der Waals surface area contributed by atoms with Gasteiger partial charge in [-0.15, -0.1) is 0 Å². The predicted molar refractivity (Wildman–Crippen MR) is 72.5 cm³/mol. The molecule has 1 aliphatic carbocycles. The molecule has 2 atom stereocenters. The molecule has 1 fully saturated rings. The fourth-order valence-corrected chi connectivity index (χ4v) is 3.08. The topological polar surface area (TPSA) is 34.9 Å². The van der Waals surface area contributed by atoms with Gasteiger partial charge >= 0.3 is 0 Å². The minimum atomic E-state index is 0.301. The molecular weight excluding hydrogens is 224 g/mol. The molecule has 0 spiro atoms. The molecule has 0 amide bonds. The Morgan fingerprint density at radius 2 is 2.22 bits per heavy atom. The summed E-state index contributed by atoms with van der Waals surface area (Å²) in [6, 6.07) is 2.05. The molecule has 2 unspecified atom stereocenters. The van der Waals surface area contributed by atoms with Gasteiger partial charge in [-0.3, -0.25) is 9.48 Å². The fraction of sp³-hybridized carbons (Fsp3) is 0.733. The SMILES string of the molecule is CCC1CCC(C(=O)Cc2cc(C)nn2CC)C1. The van der Waals surface area contributed by atoms with Gasteiger partial charge in [0.2, 0.25) is 0 Å². The Hall–Kier alpha value is -1.12. The number of nitrogens with zero attached hydrogens (tertiary/aromatic N) is 2. The third-order valence-electron chi connectivity index (χ3n) is 4.21. The van der Waals surface area contributed by atoms with E-state index in [1.807, 2.05) is 17.7 Å². The molecule has 1 saturated carbocycles. The maximum absolute atomic E-state index is 12.3. The van der Waals surface area contributed by atoms with E-state index in [0.29, 0.717) is 18.1 Å². The molecular formula is C15H24N2O. The van der Waals surface area contributed by atoms with Crippen LogP contribution in [0.3, 0.4) is 0 Å². The van der Waals surface area contributed by atoms with Crippen LogP contribution in [0.2, 0.25) is 0 Å². The van der Waals surface area contributed by atoms with Crippen LogP contribution in [0.5, 0.6) is 0 Å². The van der Waals surface area contributed by atoms with Crippen molar-refractivity contribution in [3.63, 3.8) is 0 Å². The molecule has 0 aliphatic heterocycles. The smallest absolute Gasteiger partial charge is 0.141 e. The van der Waals surface area contributed by atoms with Crippen LogP contribution < -0.4 is 0 Å². The Kier molecular flexibility index (Phi) is 4.20. The molecule has 0 radical (unpaired) electrons. The predicted octanol–water partition coefficient (Wildman–Crippen LogP) is 3.15. The summed E-state index contributed by atoms with van der Waals surface area (Å²) in [5.41, 5.74) is 2.09. The van der Waals surface area contributed by atoms with E-state index >= 15 is 0 Å². The van der Waals surface area contributed by atoms with Crippen LogP contribution in [0.1, 0.15) is 50.9 Å². The normalized spacial score (nSPS) is 23.5. The number of hydrogen-bond acceptors (Lipinski definition) is 2.